The number of nitrogens with one attached hydrogen (secondary N) is 1. The maximum atomic E-state index is 12.0. The van der Waals surface area contributed by atoms with Gasteiger partial charge < -0.3 is 10.1 Å². The summed E-state index contributed by atoms with van der Waals surface area (Å²) in [6.07, 6.45) is -3.62. The second-order valence-corrected chi connectivity index (χ2v) is 6.83. The highest BCUT2D eigenvalue weighted by Crippen LogP contribution is 2.31. The zero-order chi connectivity index (χ0) is 15.3. The Morgan fingerprint density at radius 1 is 1.05 bits per heavy atom. The van der Waals surface area contributed by atoms with Crippen LogP contribution in [0.25, 0.3) is 0 Å². The second-order valence-electron chi connectivity index (χ2n) is 6.83. The summed E-state index contributed by atoms with van der Waals surface area (Å²) >= 11 is 0. The Morgan fingerprint density at radius 2 is 1.58 bits per heavy atom. The van der Waals surface area contributed by atoms with E-state index in [1.54, 1.807) is 0 Å². The Kier molecular flexibility index (Phi) is 6.83. The molecule has 2 nitrogen and oxygen atoms in total. The van der Waals surface area contributed by atoms with Crippen molar-refractivity contribution in [1.29, 1.82) is 0 Å². The van der Waals surface area contributed by atoms with Gasteiger partial charge in [0.1, 0.15) is 6.61 Å². The van der Waals surface area contributed by atoms with Crippen molar-refractivity contribution in [3.63, 3.8) is 0 Å². The minimum absolute atomic E-state index is 0.00295. The van der Waals surface area contributed by atoms with E-state index in [1.165, 1.54) is 0 Å². The van der Waals surface area contributed by atoms with Crippen LogP contribution >= 0.6 is 0 Å². The van der Waals surface area contributed by atoms with Gasteiger partial charge in [-0.05, 0) is 38.5 Å². The van der Waals surface area contributed by atoms with E-state index in [0.717, 1.165) is 6.54 Å². The lowest BCUT2D eigenvalue weighted by atomic mass is 9.76. The Bertz CT molecular complexity index is 258. The van der Waals surface area contributed by atoms with Gasteiger partial charge in [-0.2, -0.15) is 13.2 Å². The maximum Gasteiger partial charge on any atom is 0.411 e. The molecule has 1 N–H and O–H groups in total. The van der Waals surface area contributed by atoms with E-state index >= 15 is 0 Å². The van der Waals surface area contributed by atoms with Gasteiger partial charge in [-0.25, -0.2) is 0 Å². The number of rotatable bonds is 7. The van der Waals surface area contributed by atoms with Crippen molar-refractivity contribution in [2.75, 3.05) is 19.8 Å². The molecule has 0 aromatic heterocycles. The Balaban J connectivity index is 4.24. The molecule has 0 aromatic carbocycles. The van der Waals surface area contributed by atoms with Crippen LogP contribution in [0, 0.1) is 11.3 Å². The standard InChI is InChI=1S/C14H28F3NO/c1-11(2)13(6,9-18-12(3,4)5)7-8-19-10-14(15,16)17/h11,18H,7-10H2,1-6H3. The van der Waals surface area contributed by atoms with Crippen molar-refractivity contribution in [2.45, 2.75) is 59.7 Å². The van der Waals surface area contributed by atoms with Crippen molar-refractivity contribution < 1.29 is 17.9 Å². The topological polar surface area (TPSA) is 21.3 Å². The van der Waals surface area contributed by atoms with Crippen molar-refractivity contribution in [3.05, 3.63) is 0 Å². The largest absolute Gasteiger partial charge is 0.411 e. The molecule has 1 atom stereocenters. The summed E-state index contributed by atoms with van der Waals surface area (Å²) in [4.78, 5) is 0. The molecule has 0 saturated heterocycles. The normalized spacial score (nSPS) is 16.7. The molecule has 1 unspecified atom stereocenters. The molecular formula is C14H28F3NO. The summed E-state index contributed by atoms with van der Waals surface area (Å²) in [6, 6.07) is 0. The Hall–Kier alpha value is -0.290. The summed E-state index contributed by atoms with van der Waals surface area (Å²) in [5, 5.41) is 3.42. The van der Waals surface area contributed by atoms with Crippen LogP contribution in [-0.4, -0.2) is 31.5 Å². The summed E-state index contributed by atoms with van der Waals surface area (Å²) in [7, 11) is 0. The molecule has 5 heteroatoms. The Labute approximate surface area is 115 Å². The van der Waals surface area contributed by atoms with E-state index < -0.39 is 12.8 Å². The molecule has 0 saturated carbocycles. The number of ether oxygens (including phenoxy) is 1. The lowest BCUT2D eigenvalue weighted by Crippen LogP contribution is -2.45. The van der Waals surface area contributed by atoms with Gasteiger partial charge in [0.15, 0.2) is 0 Å². The van der Waals surface area contributed by atoms with Crippen molar-refractivity contribution >= 4 is 0 Å². The maximum absolute atomic E-state index is 12.0. The summed E-state index contributed by atoms with van der Waals surface area (Å²) < 4.78 is 40.7. The molecule has 0 aromatic rings. The van der Waals surface area contributed by atoms with Gasteiger partial charge >= 0.3 is 6.18 Å². The molecule has 0 rings (SSSR count). The number of alkyl halides is 3. The van der Waals surface area contributed by atoms with Crippen LogP contribution in [0.5, 0.6) is 0 Å². The molecule has 0 aliphatic rings. The fourth-order valence-corrected chi connectivity index (χ4v) is 1.54. The molecule has 0 amide bonds. The molecule has 0 radical (unpaired) electrons. The minimum Gasteiger partial charge on any atom is -0.372 e. The predicted molar refractivity (Wildman–Crippen MR) is 72.2 cm³/mol. The molecule has 116 valence electrons. The van der Waals surface area contributed by atoms with Crippen LogP contribution in [0.2, 0.25) is 0 Å². The van der Waals surface area contributed by atoms with Crippen LogP contribution < -0.4 is 5.32 Å². The predicted octanol–water partition coefficient (Wildman–Crippen LogP) is 4.01. The van der Waals surface area contributed by atoms with Gasteiger partial charge in [-0.3, -0.25) is 0 Å². The third kappa shape index (κ3) is 9.27. The molecule has 0 fully saturated rings. The van der Waals surface area contributed by atoms with Crippen molar-refractivity contribution in [2.24, 2.45) is 11.3 Å². The van der Waals surface area contributed by atoms with E-state index in [-0.39, 0.29) is 17.6 Å². The fraction of sp³-hybridized carbons (Fsp3) is 1.00. The number of hydrogen-bond acceptors (Lipinski definition) is 2. The van der Waals surface area contributed by atoms with Crippen LogP contribution in [0.3, 0.4) is 0 Å². The minimum atomic E-state index is -4.24. The molecule has 0 spiro atoms. The van der Waals surface area contributed by atoms with Gasteiger partial charge in [0.25, 0.3) is 0 Å². The first-order valence-electron chi connectivity index (χ1n) is 6.75. The Morgan fingerprint density at radius 3 is 1.95 bits per heavy atom. The summed E-state index contributed by atoms with van der Waals surface area (Å²) in [5.74, 6) is 0.372. The van der Waals surface area contributed by atoms with Crippen LogP contribution in [-0.2, 0) is 4.74 Å². The van der Waals surface area contributed by atoms with E-state index in [9.17, 15) is 13.2 Å². The third-order valence-corrected chi connectivity index (χ3v) is 3.50. The molecule has 0 bridgehead atoms. The third-order valence-electron chi connectivity index (χ3n) is 3.50. The lowest BCUT2D eigenvalue weighted by molar-refractivity contribution is -0.175. The lowest BCUT2D eigenvalue weighted by Gasteiger charge is -2.37. The molecular weight excluding hydrogens is 255 g/mol. The summed E-state index contributed by atoms with van der Waals surface area (Å²) in [5.41, 5.74) is -0.0676. The molecule has 0 aliphatic carbocycles. The summed E-state index contributed by atoms with van der Waals surface area (Å²) in [6.45, 7) is 12.3. The average Bonchev–Trinajstić information content (AvgIpc) is 2.19. The first-order valence-corrected chi connectivity index (χ1v) is 6.75. The zero-order valence-corrected chi connectivity index (χ0v) is 12.9. The van der Waals surface area contributed by atoms with Gasteiger partial charge in [-0.1, -0.05) is 20.8 Å². The highest BCUT2D eigenvalue weighted by Gasteiger charge is 2.31. The second kappa shape index (κ2) is 6.93. The molecule has 0 aliphatic heterocycles. The van der Waals surface area contributed by atoms with Gasteiger partial charge in [0, 0.05) is 18.7 Å². The number of hydrogen-bond donors (Lipinski definition) is 1. The molecule has 0 heterocycles. The van der Waals surface area contributed by atoms with Crippen LogP contribution in [0.4, 0.5) is 13.2 Å². The first-order chi connectivity index (χ1) is 8.36. The van der Waals surface area contributed by atoms with Gasteiger partial charge in [0.2, 0.25) is 0 Å². The van der Waals surface area contributed by atoms with Gasteiger partial charge in [0.05, 0.1) is 0 Å². The van der Waals surface area contributed by atoms with Crippen LogP contribution in [0.15, 0.2) is 0 Å². The highest BCUT2D eigenvalue weighted by molar-refractivity contribution is 4.83. The quantitative estimate of drug-likeness (QED) is 0.713. The monoisotopic (exact) mass is 283 g/mol. The fourth-order valence-electron chi connectivity index (χ4n) is 1.54. The van der Waals surface area contributed by atoms with E-state index in [2.05, 4.69) is 46.9 Å². The van der Waals surface area contributed by atoms with Crippen molar-refractivity contribution in [3.8, 4) is 0 Å². The smallest absolute Gasteiger partial charge is 0.372 e. The van der Waals surface area contributed by atoms with E-state index in [0.29, 0.717) is 12.3 Å². The highest BCUT2D eigenvalue weighted by atomic mass is 19.4. The number of halogens is 3. The first kappa shape index (κ1) is 18.7. The van der Waals surface area contributed by atoms with Crippen LogP contribution in [0.1, 0.15) is 48.0 Å². The molecule has 19 heavy (non-hydrogen) atoms. The van der Waals surface area contributed by atoms with Gasteiger partial charge in [-0.15, -0.1) is 0 Å². The zero-order valence-electron chi connectivity index (χ0n) is 12.9. The van der Waals surface area contributed by atoms with Crippen molar-refractivity contribution in [1.82, 2.24) is 5.32 Å². The average molecular weight is 283 g/mol. The van der Waals surface area contributed by atoms with E-state index in [1.807, 2.05) is 0 Å². The van der Waals surface area contributed by atoms with E-state index in [4.69, 9.17) is 4.74 Å². The SMILES string of the molecule is CC(C)C(C)(CCOCC(F)(F)F)CNC(C)(C)C.